The van der Waals surface area contributed by atoms with Gasteiger partial charge < -0.3 is 14.8 Å². The number of rotatable bonds is 5. The molecule has 180 valence electrons. The lowest BCUT2D eigenvalue weighted by atomic mass is 9.77. The van der Waals surface area contributed by atoms with Crippen LogP contribution in [0, 0.1) is 6.92 Å². The number of esters is 1. The highest BCUT2D eigenvalue weighted by Gasteiger charge is 2.51. The van der Waals surface area contributed by atoms with Crippen molar-refractivity contribution in [3.05, 3.63) is 65.6 Å². The molecule has 2 aliphatic rings. The van der Waals surface area contributed by atoms with E-state index in [1.165, 1.54) is 13.4 Å². The van der Waals surface area contributed by atoms with Crippen LogP contribution in [0.25, 0.3) is 17.0 Å². The van der Waals surface area contributed by atoms with Gasteiger partial charge in [-0.3, -0.25) is 14.4 Å². The molecule has 2 aromatic heterocycles. The number of hydrogen-bond acceptors (Lipinski definition) is 7. The van der Waals surface area contributed by atoms with E-state index in [0.717, 1.165) is 16.7 Å². The molecule has 0 atom stereocenters. The average Bonchev–Trinajstić information content (AvgIpc) is 3.43. The smallest absolute Gasteiger partial charge is 0.315 e. The second-order valence-electron chi connectivity index (χ2n) is 9.07. The summed E-state index contributed by atoms with van der Waals surface area (Å²) in [6.45, 7) is 1.99. The number of carbonyl (C=O) groups excluding carboxylic acids is 3. The predicted octanol–water partition coefficient (Wildman–Crippen LogP) is 2.87. The van der Waals surface area contributed by atoms with Gasteiger partial charge in [0, 0.05) is 17.8 Å². The molecule has 0 bridgehead atoms. The molecule has 3 heterocycles. The van der Waals surface area contributed by atoms with E-state index in [2.05, 4.69) is 20.1 Å². The molecule has 3 aromatic rings. The Kier molecular flexibility index (Phi) is 5.84. The molecule has 1 aliphatic carbocycles. The van der Waals surface area contributed by atoms with Crippen LogP contribution in [0.5, 0.6) is 0 Å². The lowest BCUT2D eigenvalue weighted by Gasteiger charge is -2.36. The van der Waals surface area contributed by atoms with E-state index in [-0.39, 0.29) is 24.2 Å². The number of aromatic nitrogens is 3. The molecule has 0 radical (unpaired) electrons. The van der Waals surface area contributed by atoms with Crippen LogP contribution in [0.4, 0.5) is 0 Å². The molecule has 1 aromatic carbocycles. The van der Waals surface area contributed by atoms with Crippen molar-refractivity contribution in [1.82, 2.24) is 19.9 Å². The number of pyridine rings is 1. The maximum Gasteiger partial charge on any atom is 0.315 e. The van der Waals surface area contributed by atoms with E-state index in [1.54, 1.807) is 4.52 Å². The maximum atomic E-state index is 13.9. The zero-order chi connectivity index (χ0) is 24.6. The molecular weight excluding hydrogens is 448 g/mol. The van der Waals surface area contributed by atoms with Gasteiger partial charge in [-0.25, -0.2) is 9.50 Å². The predicted molar refractivity (Wildman–Crippen MR) is 127 cm³/mol. The van der Waals surface area contributed by atoms with E-state index in [9.17, 15) is 14.4 Å². The summed E-state index contributed by atoms with van der Waals surface area (Å²) in [7, 11) is 1.25. The van der Waals surface area contributed by atoms with Gasteiger partial charge in [0.05, 0.1) is 12.7 Å². The second kappa shape index (κ2) is 8.98. The lowest BCUT2D eigenvalue weighted by Crippen LogP contribution is -2.47. The molecule has 9 heteroatoms. The molecule has 1 saturated carbocycles. The number of fused-ring (bicyclic) bond motifs is 1. The zero-order valence-electron chi connectivity index (χ0n) is 19.6. The first-order chi connectivity index (χ1) is 16.9. The monoisotopic (exact) mass is 474 g/mol. The Morgan fingerprint density at radius 2 is 2.00 bits per heavy atom. The zero-order valence-corrected chi connectivity index (χ0v) is 19.6. The van der Waals surface area contributed by atoms with Gasteiger partial charge in [0.15, 0.2) is 11.2 Å². The number of Topliss-reactive ketones (excluding diaryl/α,β-unsaturated/α-hetero) is 1. The number of carbonyl (C=O) groups is 3. The Morgan fingerprint density at radius 3 is 2.74 bits per heavy atom. The summed E-state index contributed by atoms with van der Waals surface area (Å²) < 4.78 is 12.8. The number of methoxy groups -OCH3 is 1. The fourth-order valence-corrected chi connectivity index (χ4v) is 4.88. The van der Waals surface area contributed by atoms with Gasteiger partial charge in [-0.2, -0.15) is 5.10 Å². The molecule has 0 unspecified atom stereocenters. The third-order valence-corrected chi connectivity index (χ3v) is 6.70. The molecule has 5 rings (SSSR count). The summed E-state index contributed by atoms with van der Waals surface area (Å²) in [5, 5.41) is 7.10. The van der Waals surface area contributed by atoms with Crippen LogP contribution < -0.4 is 5.32 Å². The Bertz CT molecular complexity index is 1350. The van der Waals surface area contributed by atoms with Crippen LogP contribution in [0.2, 0.25) is 0 Å². The van der Waals surface area contributed by atoms with Crippen molar-refractivity contribution in [2.24, 2.45) is 0 Å². The highest BCUT2D eigenvalue weighted by molar-refractivity contribution is 6.33. The van der Waals surface area contributed by atoms with Gasteiger partial charge in [-0.1, -0.05) is 29.8 Å². The number of benzene rings is 1. The molecule has 1 aliphatic heterocycles. The first-order valence-corrected chi connectivity index (χ1v) is 11.6. The SMILES string of the molecule is COC(=O)CC(=O)NC1CCC2(CC1)OC(c1ccc3ncnn3c1)=C(c1cccc(C)c1)C2=O. The highest BCUT2D eigenvalue weighted by Crippen LogP contribution is 2.48. The summed E-state index contributed by atoms with van der Waals surface area (Å²) in [5.74, 6) is -0.468. The Morgan fingerprint density at radius 1 is 1.20 bits per heavy atom. The average molecular weight is 475 g/mol. The van der Waals surface area contributed by atoms with Gasteiger partial charge in [-0.15, -0.1) is 0 Å². The van der Waals surface area contributed by atoms with Gasteiger partial charge in [0.25, 0.3) is 0 Å². The molecule has 9 nitrogen and oxygen atoms in total. The number of nitrogens with one attached hydrogen (secondary N) is 1. The van der Waals surface area contributed by atoms with Gasteiger partial charge >= 0.3 is 5.97 Å². The van der Waals surface area contributed by atoms with Crippen LogP contribution in [0.15, 0.2) is 48.9 Å². The normalized spacial score (nSPS) is 21.9. The minimum Gasteiger partial charge on any atom is -0.478 e. The second-order valence-corrected chi connectivity index (χ2v) is 9.07. The minimum absolute atomic E-state index is 0.0453. The molecule has 1 N–H and O–H groups in total. The summed E-state index contributed by atoms with van der Waals surface area (Å²) in [5.41, 5.74) is 2.88. The van der Waals surface area contributed by atoms with E-state index in [0.29, 0.717) is 42.7 Å². The maximum absolute atomic E-state index is 13.9. The van der Waals surface area contributed by atoms with Crippen molar-refractivity contribution < 1.29 is 23.9 Å². The summed E-state index contributed by atoms with van der Waals surface area (Å²) in [6.07, 6.45) is 5.02. The first-order valence-electron chi connectivity index (χ1n) is 11.6. The van der Waals surface area contributed by atoms with Gasteiger partial charge in [0.1, 0.15) is 18.5 Å². The number of hydrogen-bond donors (Lipinski definition) is 1. The third-order valence-electron chi connectivity index (χ3n) is 6.70. The minimum atomic E-state index is -0.991. The van der Waals surface area contributed by atoms with Crippen molar-refractivity contribution in [3.8, 4) is 0 Å². The van der Waals surface area contributed by atoms with Crippen molar-refractivity contribution in [1.29, 1.82) is 0 Å². The molecule has 0 saturated heterocycles. The van der Waals surface area contributed by atoms with Crippen LogP contribution in [-0.4, -0.2) is 51.0 Å². The van der Waals surface area contributed by atoms with Crippen LogP contribution in [0.3, 0.4) is 0 Å². The topological polar surface area (TPSA) is 112 Å². The van der Waals surface area contributed by atoms with Gasteiger partial charge in [0.2, 0.25) is 11.7 Å². The molecule has 1 amide bonds. The first kappa shape index (κ1) is 22.8. The lowest BCUT2D eigenvalue weighted by molar-refractivity contribution is -0.144. The van der Waals surface area contributed by atoms with Crippen molar-refractivity contribution >= 4 is 34.6 Å². The third kappa shape index (κ3) is 4.29. The van der Waals surface area contributed by atoms with Crippen LogP contribution in [-0.2, 0) is 23.9 Å². The Balaban J connectivity index is 1.43. The Labute approximate surface area is 202 Å². The molecule has 35 heavy (non-hydrogen) atoms. The number of ether oxygens (including phenoxy) is 2. The van der Waals surface area contributed by atoms with E-state index in [1.807, 2.05) is 49.5 Å². The molecule has 1 fully saturated rings. The Hall–Kier alpha value is -4.01. The fourth-order valence-electron chi connectivity index (χ4n) is 4.88. The van der Waals surface area contributed by atoms with E-state index >= 15 is 0 Å². The number of nitrogens with zero attached hydrogens (tertiary/aromatic N) is 3. The highest BCUT2D eigenvalue weighted by atomic mass is 16.5. The van der Waals surface area contributed by atoms with Crippen molar-refractivity contribution in [3.63, 3.8) is 0 Å². The van der Waals surface area contributed by atoms with E-state index < -0.39 is 11.6 Å². The summed E-state index contributed by atoms with van der Waals surface area (Å²) in [4.78, 5) is 41.6. The largest absolute Gasteiger partial charge is 0.478 e. The van der Waals surface area contributed by atoms with E-state index in [4.69, 9.17) is 4.74 Å². The quantitative estimate of drug-likeness (QED) is 0.447. The summed E-state index contributed by atoms with van der Waals surface area (Å²) >= 11 is 0. The number of ketones is 1. The molecule has 1 spiro atoms. The standard InChI is InChI=1S/C26H26N4O5/c1-16-4-3-5-17(12-16)23-24(18-6-7-20-27-15-28-30(20)14-18)35-26(25(23)33)10-8-19(9-11-26)29-21(31)13-22(32)34-2/h3-7,12,14-15,19H,8-11,13H2,1-2H3,(H,29,31). The molecular formula is C26H26N4O5. The fraction of sp³-hybridized carbons (Fsp3) is 0.346. The van der Waals surface area contributed by atoms with Gasteiger partial charge in [-0.05, 0) is 50.3 Å². The van der Waals surface area contributed by atoms with Crippen molar-refractivity contribution in [2.75, 3.05) is 7.11 Å². The van der Waals surface area contributed by atoms with Crippen molar-refractivity contribution in [2.45, 2.75) is 50.7 Å². The number of aryl methyl sites for hydroxylation is 1. The number of amides is 1. The van der Waals surface area contributed by atoms with Crippen LogP contribution in [0.1, 0.15) is 48.8 Å². The summed E-state index contributed by atoms with van der Waals surface area (Å²) in [6, 6.07) is 11.4. The van der Waals surface area contributed by atoms with Crippen LogP contribution >= 0.6 is 0 Å².